The Hall–Kier alpha value is -3.71. The van der Waals surface area contributed by atoms with Crippen molar-refractivity contribution >= 4 is 17.8 Å². The monoisotopic (exact) mass is 514 g/mol. The highest BCUT2D eigenvalue weighted by molar-refractivity contribution is 5.92. The first-order chi connectivity index (χ1) is 18.2. The highest BCUT2D eigenvalue weighted by Gasteiger charge is 2.28. The van der Waals surface area contributed by atoms with Gasteiger partial charge >= 0.3 is 6.09 Å². The molecule has 2 amide bonds. The van der Waals surface area contributed by atoms with Gasteiger partial charge in [-0.3, -0.25) is 4.79 Å². The zero-order valence-electron chi connectivity index (χ0n) is 22.7. The zero-order valence-corrected chi connectivity index (χ0v) is 22.7. The van der Waals surface area contributed by atoms with Gasteiger partial charge in [-0.25, -0.2) is 9.78 Å². The number of pyridine rings is 1. The van der Waals surface area contributed by atoms with E-state index in [9.17, 15) is 9.59 Å². The van der Waals surface area contributed by atoms with Crippen molar-refractivity contribution in [2.45, 2.75) is 57.5 Å². The van der Waals surface area contributed by atoms with Gasteiger partial charge in [-0.2, -0.15) is 0 Å². The molecule has 1 heterocycles. The summed E-state index contributed by atoms with van der Waals surface area (Å²) in [7, 11) is 3.17. The summed E-state index contributed by atoms with van der Waals surface area (Å²) < 4.78 is 4.83. The van der Waals surface area contributed by atoms with Crippen molar-refractivity contribution in [2.75, 3.05) is 19.5 Å². The minimum atomic E-state index is -0.413. The van der Waals surface area contributed by atoms with Crippen LogP contribution in [0, 0.1) is 5.92 Å². The number of amides is 2. The van der Waals surface area contributed by atoms with Crippen LogP contribution in [0.5, 0.6) is 0 Å². The lowest BCUT2D eigenvalue weighted by molar-refractivity contribution is -0.117. The minimum Gasteiger partial charge on any atom is -0.453 e. The third-order valence-electron chi connectivity index (χ3n) is 7.50. The predicted octanol–water partition coefficient (Wildman–Crippen LogP) is 6.20. The molecule has 0 spiro atoms. The van der Waals surface area contributed by atoms with Gasteiger partial charge in [-0.1, -0.05) is 54.6 Å². The third kappa shape index (κ3) is 6.58. The largest absolute Gasteiger partial charge is 0.453 e. The Morgan fingerprint density at radius 2 is 1.63 bits per heavy atom. The number of nitrogens with one attached hydrogen (secondary N) is 1. The van der Waals surface area contributed by atoms with Gasteiger partial charge in [0.2, 0.25) is 5.91 Å². The van der Waals surface area contributed by atoms with Crippen LogP contribution in [0.1, 0.15) is 51.5 Å². The number of ether oxygens (including phenoxy) is 1. The van der Waals surface area contributed by atoms with Crippen molar-refractivity contribution in [1.29, 1.82) is 0 Å². The van der Waals surface area contributed by atoms with Gasteiger partial charge in [0, 0.05) is 36.8 Å². The fraction of sp³-hybridized carbons (Fsp3) is 0.387. The molecule has 200 valence electrons. The molecule has 0 saturated heterocycles. The topological polar surface area (TPSA) is 97.5 Å². The van der Waals surface area contributed by atoms with E-state index >= 15 is 0 Å². The Kier molecular flexibility index (Phi) is 8.47. The number of anilines is 1. The number of hydrogen-bond acceptors (Lipinski definition) is 5. The van der Waals surface area contributed by atoms with Crippen molar-refractivity contribution in [1.82, 2.24) is 9.88 Å². The van der Waals surface area contributed by atoms with Gasteiger partial charge in [-0.05, 0) is 73.8 Å². The van der Waals surface area contributed by atoms with Crippen LogP contribution in [0.4, 0.5) is 10.6 Å². The number of nitrogens with zero attached hydrogens (tertiary/aromatic N) is 2. The number of carbonyl (C=O) groups excluding carboxylic acids is 2. The van der Waals surface area contributed by atoms with Crippen LogP contribution < -0.4 is 11.1 Å². The van der Waals surface area contributed by atoms with Crippen molar-refractivity contribution < 1.29 is 14.3 Å². The second-order valence-corrected chi connectivity index (χ2v) is 10.8. The van der Waals surface area contributed by atoms with Gasteiger partial charge in [0.1, 0.15) is 5.82 Å². The summed E-state index contributed by atoms with van der Waals surface area (Å²) in [5.41, 5.74) is 11.0. The van der Waals surface area contributed by atoms with Crippen LogP contribution in [0.15, 0.2) is 66.9 Å². The van der Waals surface area contributed by atoms with E-state index in [-0.39, 0.29) is 24.0 Å². The van der Waals surface area contributed by atoms with E-state index in [0.717, 1.165) is 53.5 Å². The summed E-state index contributed by atoms with van der Waals surface area (Å²) in [5.74, 6) is 0.787. The molecule has 0 unspecified atom stereocenters. The lowest BCUT2D eigenvalue weighted by Gasteiger charge is -2.33. The normalized spacial score (nSPS) is 17.5. The molecule has 1 fully saturated rings. The molecule has 0 aliphatic heterocycles. The summed E-state index contributed by atoms with van der Waals surface area (Å²) in [6.07, 6.45) is 5.49. The number of methoxy groups -OCH3 is 1. The first-order valence-corrected chi connectivity index (χ1v) is 13.2. The summed E-state index contributed by atoms with van der Waals surface area (Å²) in [6, 6.07) is 20.5. The highest BCUT2D eigenvalue weighted by Crippen LogP contribution is 2.34. The lowest BCUT2D eigenvalue weighted by atomic mass is 9.83. The number of aromatic nitrogens is 1. The predicted molar refractivity (Wildman–Crippen MR) is 151 cm³/mol. The quantitative estimate of drug-likeness (QED) is 0.391. The average molecular weight is 515 g/mol. The smallest absolute Gasteiger partial charge is 0.409 e. The standard InChI is InChI=1S/C31H38N4O3/c1-31(2,32)24-14-12-23(13-15-24)27-20-33-28(19-26(27)22-8-6-5-7-9-22)34-29(36)18-21-10-16-25(17-11-21)35(3)30(37)38-4/h5-9,12-15,19-21,25H,10-11,16-18,32H2,1-4H3,(H,33,34,36)/t21-,25-. The average Bonchev–Trinajstić information content (AvgIpc) is 2.92. The van der Waals surface area contributed by atoms with Crippen LogP contribution in [0.3, 0.4) is 0 Å². The van der Waals surface area contributed by atoms with Crippen LogP contribution >= 0.6 is 0 Å². The summed E-state index contributed by atoms with van der Waals surface area (Å²) in [6.45, 7) is 3.98. The van der Waals surface area contributed by atoms with Gasteiger partial charge in [-0.15, -0.1) is 0 Å². The van der Waals surface area contributed by atoms with E-state index in [1.54, 1.807) is 11.9 Å². The number of hydrogen-bond donors (Lipinski definition) is 2. The molecule has 0 atom stereocenters. The maximum Gasteiger partial charge on any atom is 0.409 e. The molecule has 38 heavy (non-hydrogen) atoms. The fourth-order valence-corrected chi connectivity index (χ4v) is 5.18. The first-order valence-electron chi connectivity index (χ1n) is 13.2. The third-order valence-corrected chi connectivity index (χ3v) is 7.50. The van der Waals surface area contributed by atoms with Gasteiger partial charge < -0.3 is 20.7 Å². The maximum absolute atomic E-state index is 12.9. The molecule has 1 aliphatic carbocycles. The SMILES string of the molecule is COC(=O)N(C)[C@H]1CC[C@H](CC(=O)Nc2cc(-c3ccccc3)c(-c3ccc(C(C)(C)N)cc3)cn2)CC1. The van der Waals surface area contributed by atoms with Crippen molar-refractivity contribution in [3.63, 3.8) is 0 Å². The van der Waals surface area contributed by atoms with E-state index in [4.69, 9.17) is 10.5 Å². The highest BCUT2D eigenvalue weighted by atomic mass is 16.5. The molecule has 7 nitrogen and oxygen atoms in total. The maximum atomic E-state index is 12.9. The van der Waals surface area contributed by atoms with Crippen molar-refractivity contribution in [3.8, 4) is 22.3 Å². The fourth-order valence-electron chi connectivity index (χ4n) is 5.18. The first kappa shape index (κ1) is 27.3. The van der Waals surface area contributed by atoms with Crippen molar-refractivity contribution in [3.05, 3.63) is 72.4 Å². The second-order valence-electron chi connectivity index (χ2n) is 10.8. The Labute approximate surface area is 225 Å². The number of nitrogens with two attached hydrogens (primary N) is 1. The lowest BCUT2D eigenvalue weighted by Crippen LogP contribution is -2.39. The van der Waals surface area contributed by atoms with Crippen LogP contribution in [-0.2, 0) is 15.1 Å². The summed E-state index contributed by atoms with van der Waals surface area (Å²) >= 11 is 0. The van der Waals surface area contributed by atoms with Gasteiger partial charge in [0.15, 0.2) is 0 Å². The molecule has 1 aromatic heterocycles. The number of rotatable bonds is 7. The number of benzene rings is 2. The molecule has 3 N–H and O–H groups in total. The van der Waals surface area contributed by atoms with Crippen LogP contribution in [-0.4, -0.2) is 42.1 Å². The molecular weight excluding hydrogens is 476 g/mol. The number of carbonyl (C=O) groups is 2. The van der Waals surface area contributed by atoms with E-state index in [1.165, 1.54) is 7.11 Å². The molecular formula is C31H38N4O3. The molecule has 7 heteroatoms. The van der Waals surface area contributed by atoms with Crippen molar-refractivity contribution in [2.24, 2.45) is 11.7 Å². The Balaban J connectivity index is 1.47. The summed E-state index contributed by atoms with van der Waals surface area (Å²) in [5, 5.41) is 3.02. The van der Waals surface area contributed by atoms with Gasteiger partial charge in [0.25, 0.3) is 0 Å². The zero-order chi connectivity index (χ0) is 27.3. The van der Waals surface area contributed by atoms with E-state index in [2.05, 4.69) is 46.7 Å². The molecule has 0 radical (unpaired) electrons. The minimum absolute atomic E-state index is 0.0384. The molecule has 1 aliphatic rings. The molecule has 2 aromatic carbocycles. The molecule has 4 rings (SSSR count). The Morgan fingerprint density at radius 1 is 1.00 bits per heavy atom. The Bertz CT molecular complexity index is 1240. The Morgan fingerprint density at radius 3 is 2.24 bits per heavy atom. The molecule has 0 bridgehead atoms. The molecule has 3 aromatic rings. The van der Waals surface area contributed by atoms with Crippen LogP contribution in [0.25, 0.3) is 22.3 Å². The van der Waals surface area contributed by atoms with E-state index in [1.807, 2.05) is 44.3 Å². The second kappa shape index (κ2) is 11.8. The van der Waals surface area contributed by atoms with Gasteiger partial charge in [0.05, 0.1) is 7.11 Å². The van der Waals surface area contributed by atoms with Crippen LogP contribution in [0.2, 0.25) is 0 Å². The van der Waals surface area contributed by atoms with E-state index < -0.39 is 5.54 Å². The molecule has 1 saturated carbocycles. The summed E-state index contributed by atoms with van der Waals surface area (Å²) in [4.78, 5) is 31.0. The van der Waals surface area contributed by atoms with E-state index in [0.29, 0.717) is 12.2 Å².